The maximum absolute atomic E-state index is 10.5. The van der Waals surface area contributed by atoms with E-state index < -0.39 is 5.97 Å². The van der Waals surface area contributed by atoms with Gasteiger partial charge in [-0.3, -0.25) is 9.48 Å². The van der Waals surface area contributed by atoms with Crippen LogP contribution in [0.5, 0.6) is 0 Å². The minimum Gasteiger partial charge on any atom is -0.481 e. The molecule has 0 fully saturated rings. The highest BCUT2D eigenvalue weighted by Crippen LogP contribution is 2.19. The Hall–Kier alpha value is -1.83. The number of aliphatic carboxylic acids is 1. The highest BCUT2D eigenvalue weighted by Gasteiger charge is 2.16. The maximum atomic E-state index is 10.5. The molecule has 0 aliphatic heterocycles. The van der Waals surface area contributed by atoms with E-state index >= 15 is 0 Å². The van der Waals surface area contributed by atoms with Crippen molar-refractivity contribution in [3.63, 3.8) is 0 Å². The zero-order valence-electron chi connectivity index (χ0n) is 10.0. The van der Waals surface area contributed by atoms with Crippen LogP contribution in [0, 0.1) is 0 Å². The van der Waals surface area contributed by atoms with Crippen LogP contribution < -0.4 is 0 Å². The number of carboxylic acids is 1. The Morgan fingerprint density at radius 3 is 3.00 bits per heavy atom. The lowest BCUT2D eigenvalue weighted by Gasteiger charge is -2.06. The molecule has 0 amide bonds. The Kier molecular flexibility index (Phi) is 3.66. The summed E-state index contributed by atoms with van der Waals surface area (Å²) in [6.07, 6.45) is 3.53. The fourth-order valence-corrected chi connectivity index (χ4v) is 2.08. The number of carboxylic acid groups (broad SMARTS) is 1. The van der Waals surface area contributed by atoms with Crippen molar-refractivity contribution in [1.82, 2.24) is 24.5 Å². The molecule has 7 nitrogen and oxygen atoms in total. The normalized spacial score (nSPS) is 12.6. The summed E-state index contributed by atoms with van der Waals surface area (Å²) in [5, 5.41) is 17.6. The maximum Gasteiger partial charge on any atom is 0.313 e. The summed E-state index contributed by atoms with van der Waals surface area (Å²) in [4.78, 5) is 14.8. The summed E-state index contributed by atoms with van der Waals surface area (Å²) in [5.74, 6) is -0.277. The smallest absolute Gasteiger partial charge is 0.313 e. The Labute approximate surface area is 108 Å². The van der Waals surface area contributed by atoms with E-state index in [1.165, 1.54) is 0 Å². The third-order valence-corrected chi connectivity index (χ3v) is 3.36. The third kappa shape index (κ3) is 2.70. The van der Waals surface area contributed by atoms with Crippen LogP contribution in [-0.4, -0.2) is 41.4 Å². The van der Waals surface area contributed by atoms with Gasteiger partial charge >= 0.3 is 5.97 Å². The first kappa shape index (κ1) is 12.6. The summed E-state index contributed by atoms with van der Waals surface area (Å²) in [5.41, 5.74) is 0. The van der Waals surface area contributed by atoms with Crippen molar-refractivity contribution in [2.75, 3.05) is 5.75 Å². The van der Waals surface area contributed by atoms with E-state index in [0.717, 1.165) is 11.8 Å². The van der Waals surface area contributed by atoms with E-state index in [-0.39, 0.29) is 11.8 Å². The molecule has 8 heteroatoms. The monoisotopic (exact) mass is 267 g/mol. The van der Waals surface area contributed by atoms with Gasteiger partial charge in [-0.1, -0.05) is 11.8 Å². The fourth-order valence-electron chi connectivity index (χ4n) is 1.45. The summed E-state index contributed by atoms with van der Waals surface area (Å²) in [7, 11) is 1.75. The van der Waals surface area contributed by atoms with Gasteiger partial charge in [0, 0.05) is 19.4 Å². The fraction of sp³-hybridized carbons (Fsp3) is 0.400. The Morgan fingerprint density at radius 2 is 2.39 bits per heavy atom. The topological polar surface area (TPSA) is 85.8 Å². The largest absolute Gasteiger partial charge is 0.481 e. The van der Waals surface area contributed by atoms with E-state index in [9.17, 15) is 4.79 Å². The highest BCUT2D eigenvalue weighted by atomic mass is 32.2. The standard InChI is InChI=1S/C10H13N5O2S/c1-7(15-5-3-4-11-15)9-12-10(14(2)13-9)18-6-8(16)17/h3-5,7H,6H2,1-2H3,(H,16,17). The van der Waals surface area contributed by atoms with E-state index in [2.05, 4.69) is 15.2 Å². The third-order valence-electron chi connectivity index (χ3n) is 2.36. The van der Waals surface area contributed by atoms with Crippen molar-refractivity contribution < 1.29 is 9.90 Å². The molecule has 2 rings (SSSR count). The van der Waals surface area contributed by atoms with Gasteiger partial charge in [0.05, 0.1) is 5.75 Å². The molecule has 0 aliphatic carbocycles. The average Bonchev–Trinajstić information content (AvgIpc) is 2.94. The van der Waals surface area contributed by atoms with Crippen molar-refractivity contribution in [3.05, 3.63) is 24.3 Å². The molecular formula is C10H13N5O2S. The summed E-state index contributed by atoms with van der Waals surface area (Å²) in [6, 6.07) is 1.75. The zero-order chi connectivity index (χ0) is 13.1. The number of hydrogen-bond acceptors (Lipinski definition) is 5. The van der Waals surface area contributed by atoms with Gasteiger partial charge in [-0.05, 0) is 13.0 Å². The molecule has 2 aromatic rings. The number of aryl methyl sites for hydroxylation is 1. The van der Waals surface area contributed by atoms with Gasteiger partial charge < -0.3 is 5.11 Å². The zero-order valence-corrected chi connectivity index (χ0v) is 10.8. The molecule has 96 valence electrons. The first-order chi connectivity index (χ1) is 8.58. The van der Waals surface area contributed by atoms with Crippen LogP contribution in [0.15, 0.2) is 23.6 Å². The molecule has 0 spiro atoms. The van der Waals surface area contributed by atoms with Crippen LogP contribution in [0.25, 0.3) is 0 Å². The number of carbonyl (C=O) groups is 1. The Balaban J connectivity index is 2.15. The van der Waals surface area contributed by atoms with Gasteiger partial charge in [-0.15, -0.1) is 0 Å². The highest BCUT2D eigenvalue weighted by molar-refractivity contribution is 7.99. The lowest BCUT2D eigenvalue weighted by Crippen LogP contribution is -2.09. The van der Waals surface area contributed by atoms with Crippen molar-refractivity contribution in [2.24, 2.45) is 7.05 Å². The molecule has 2 aromatic heterocycles. The van der Waals surface area contributed by atoms with Crippen LogP contribution in [0.3, 0.4) is 0 Å². The molecule has 0 radical (unpaired) electrons. The second-order valence-corrected chi connectivity index (χ2v) is 4.66. The molecule has 0 saturated carbocycles. The molecule has 2 heterocycles. The van der Waals surface area contributed by atoms with Crippen molar-refractivity contribution in [2.45, 2.75) is 18.1 Å². The van der Waals surface area contributed by atoms with Crippen LogP contribution in [0.2, 0.25) is 0 Å². The molecule has 0 bridgehead atoms. The van der Waals surface area contributed by atoms with Crippen molar-refractivity contribution in [1.29, 1.82) is 0 Å². The SMILES string of the molecule is CC(c1nc(SCC(=O)O)n(C)n1)n1cccn1. The molecule has 1 atom stereocenters. The summed E-state index contributed by atoms with van der Waals surface area (Å²) in [6.45, 7) is 1.94. The van der Waals surface area contributed by atoms with Gasteiger partial charge in [-0.25, -0.2) is 9.67 Å². The van der Waals surface area contributed by atoms with E-state index in [1.807, 2.05) is 19.2 Å². The quantitative estimate of drug-likeness (QED) is 0.806. The molecule has 0 aromatic carbocycles. The van der Waals surface area contributed by atoms with Gasteiger partial charge in [-0.2, -0.15) is 10.2 Å². The molecular weight excluding hydrogens is 254 g/mol. The van der Waals surface area contributed by atoms with Gasteiger partial charge in [0.2, 0.25) is 0 Å². The number of thioether (sulfide) groups is 1. The van der Waals surface area contributed by atoms with Crippen LogP contribution >= 0.6 is 11.8 Å². The lowest BCUT2D eigenvalue weighted by atomic mass is 10.3. The minimum absolute atomic E-state index is 0.0257. The first-order valence-electron chi connectivity index (χ1n) is 5.32. The lowest BCUT2D eigenvalue weighted by molar-refractivity contribution is -0.133. The van der Waals surface area contributed by atoms with Gasteiger partial charge in [0.15, 0.2) is 11.0 Å². The van der Waals surface area contributed by atoms with Crippen LogP contribution in [-0.2, 0) is 11.8 Å². The second kappa shape index (κ2) is 5.21. The number of hydrogen-bond donors (Lipinski definition) is 1. The van der Waals surface area contributed by atoms with Gasteiger partial charge in [0.1, 0.15) is 6.04 Å². The van der Waals surface area contributed by atoms with Crippen LogP contribution in [0.1, 0.15) is 18.8 Å². The first-order valence-corrected chi connectivity index (χ1v) is 6.31. The van der Waals surface area contributed by atoms with Crippen LogP contribution in [0.4, 0.5) is 0 Å². The molecule has 18 heavy (non-hydrogen) atoms. The molecule has 1 N–H and O–H groups in total. The van der Waals surface area contributed by atoms with E-state index in [0.29, 0.717) is 11.0 Å². The molecule has 1 unspecified atom stereocenters. The summed E-state index contributed by atoms with van der Waals surface area (Å²) < 4.78 is 3.34. The summed E-state index contributed by atoms with van der Waals surface area (Å²) >= 11 is 1.15. The van der Waals surface area contributed by atoms with E-state index in [1.54, 1.807) is 22.6 Å². The number of aromatic nitrogens is 5. The predicted molar refractivity (Wildman–Crippen MR) is 65.4 cm³/mol. The predicted octanol–water partition coefficient (Wildman–Crippen LogP) is 0.798. The number of nitrogens with zero attached hydrogens (tertiary/aromatic N) is 5. The number of rotatable bonds is 5. The van der Waals surface area contributed by atoms with Crippen molar-refractivity contribution in [3.8, 4) is 0 Å². The molecule has 0 saturated heterocycles. The second-order valence-electron chi connectivity index (χ2n) is 3.72. The minimum atomic E-state index is -0.871. The van der Waals surface area contributed by atoms with E-state index in [4.69, 9.17) is 5.11 Å². The van der Waals surface area contributed by atoms with Gasteiger partial charge in [0.25, 0.3) is 0 Å². The average molecular weight is 267 g/mol. The Morgan fingerprint density at radius 1 is 1.61 bits per heavy atom. The van der Waals surface area contributed by atoms with Crippen molar-refractivity contribution >= 4 is 17.7 Å². The Bertz CT molecular complexity index is 536. The molecule has 0 aliphatic rings.